The lowest BCUT2D eigenvalue weighted by atomic mass is 10.2. The lowest BCUT2D eigenvalue weighted by Crippen LogP contribution is -2.37. The summed E-state index contributed by atoms with van der Waals surface area (Å²) < 4.78 is 50.9. The van der Waals surface area contributed by atoms with Crippen molar-refractivity contribution in [3.8, 4) is 0 Å². The zero-order chi connectivity index (χ0) is 13.3. The van der Waals surface area contributed by atoms with Crippen LogP contribution in [0.4, 0.5) is 17.6 Å². The molecule has 1 aliphatic rings. The summed E-state index contributed by atoms with van der Waals surface area (Å²) in [5.74, 6) is -2.88. The fourth-order valence-electron chi connectivity index (χ4n) is 1.73. The van der Waals surface area contributed by atoms with Crippen LogP contribution in [-0.4, -0.2) is 23.3 Å². The van der Waals surface area contributed by atoms with E-state index >= 15 is 0 Å². The molecule has 1 saturated carbocycles. The second-order valence-electron chi connectivity index (χ2n) is 4.23. The molecule has 1 aliphatic carbocycles. The van der Waals surface area contributed by atoms with E-state index in [1.54, 1.807) is 0 Å². The van der Waals surface area contributed by atoms with Crippen LogP contribution in [0.1, 0.15) is 18.4 Å². The zero-order valence-electron chi connectivity index (χ0n) is 9.38. The van der Waals surface area contributed by atoms with Gasteiger partial charge in [-0.05, 0) is 18.9 Å². The van der Waals surface area contributed by atoms with E-state index in [2.05, 4.69) is 0 Å². The van der Waals surface area contributed by atoms with Crippen molar-refractivity contribution in [1.82, 2.24) is 4.90 Å². The summed E-state index contributed by atoms with van der Waals surface area (Å²) in [6.07, 6.45) is -1.82. The van der Waals surface area contributed by atoms with Gasteiger partial charge in [0, 0.05) is 24.2 Å². The Morgan fingerprint density at radius 3 is 2.50 bits per heavy atom. The Bertz CT molecular complexity index is 459. The number of carbonyl (C=O) groups is 1. The molecule has 1 aromatic rings. The normalized spacial score (nSPS) is 14.9. The topological polar surface area (TPSA) is 20.3 Å². The van der Waals surface area contributed by atoms with Crippen LogP contribution in [0.2, 0.25) is 0 Å². The molecule has 0 unspecified atom stereocenters. The maximum atomic E-state index is 13.4. The van der Waals surface area contributed by atoms with Gasteiger partial charge in [-0.3, -0.25) is 4.79 Å². The molecule has 2 nitrogen and oxygen atoms in total. The van der Waals surface area contributed by atoms with Crippen LogP contribution >= 0.6 is 0 Å². The van der Waals surface area contributed by atoms with E-state index in [1.807, 2.05) is 0 Å². The number of alkyl halides is 2. The first-order valence-corrected chi connectivity index (χ1v) is 5.51. The van der Waals surface area contributed by atoms with Crippen molar-refractivity contribution >= 4 is 5.91 Å². The highest BCUT2D eigenvalue weighted by molar-refractivity contribution is 5.80. The average molecular weight is 261 g/mol. The van der Waals surface area contributed by atoms with Crippen molar-refractivity contribution in [3.05, 3.63) is 35.4 Å². The van der Waals surface area contributed by atoms with Crippen LogP contribution in [0.25, 0.3) is 0 Å². The molecule has 2 rings (SSSR count). The fourth-order valence-corrected chi connectivity index (χ4v) is 1.73. The SMILES string of the molecule is O=C(C(F)F)N(Cc1ccc(F)cc1F)C1CC1. The molecule has 0 bridgehead atoms. The lowest BCUT2D eigenvalue weighted by Gasteiger charge is -2.22. The predicted octanol–water partition coefficient (Wildman–Crippen LogP) is 2.72. The fraction of sp³-hybridized carbons (Fsp3) is 0.417. The monoisotopic (exact) mass is 261 g/mol. The molecule has 1 aromatic carbocycles. The number of hydrogen-bond donors (Lipinski definition) is 0. The van der Waals surface area contributed by atoms with Gasteiger partial charge in [0.15, 0.2) is 0 Å². The Morgan fingerprint density at radius 1 is 1.33 bits per heavy atom. The van der Waals surface area contributed by atoms with E-state index in [0.29, 0.717) is 18.9 Å². The highest BCUT2D eigenvalue weighted by atomic mass is 19.3. The van der Waals surface area contributed by atoms with E-state index in [-0.39, 0.29) is 18.2 Å². The molecular formula is C12H11F4NO. The lowest BCUT2D eigenvalue weighted by molar-refractivity contribution is -0.144. The van der Waals surface area contributed by atoms with E-state index in [1.165, 1.54) is 6.07 Å². The smallest absolute Gasteiger partial charge is 0.315 e. The minimum absolute atomic E-state index is 0.0392. The van der Waals surface area contributed by atoms with E-state index in [4.69, 9.17) is 0 Å². The highest BCUT2D eigenvalue weighted by Gasteiger charge is 2.36. The van der Waals surface area contributed by atoms with Gasteiger partial charge in [0.2, 0.25) is 0 Å². The summed E-state index contributed by atoms with van der Waals surface area (Å²) in [6.45, 7) is -0.250. The van der Waals surface area contributed by atoms with Crippen molar-refractivity contribution in [1.29, 1.82) is 0 Å². The quantitative estimate of drug-likeness (QED) is 0.763. The molecule has 0 saturated heterocycles. The number of nitrogens with zero attached hydrogens (tertiary/aromatic N) is 1. The molecule has 1 fully saturated rings. The molecule has 6 heteroatoms. The van der Waals surface area contributed by atoms with Crippen LogP contribution in [0.5, 0.6) is 0 Å². The van der Waals surface area contributed by atoms with Gasteiger partial charge in [-0.1, -0.05) is 6.07 Å². The Labute approximate surface area is 101 Å². The van der Waals surface area contributed by atoms with E-state index in [9.17, 15) is 22.4 Å². The van der Waals surface area contributed by atoms with Gasteiger partial charge >= 0.3 is 6.43 Å². The van der Waals surface area contributed by atoms with Gasteiger partial charge < -0.3 is 4.90 Å². The minimum atomic E-state index is -3.10. The van der Waals surface area contributed by atoms with Crippen molar-refractivity contribution in [3.63, 3.8) is 0 Å². The second-order valence-corrected chi connectivity index (χ2v) is 4.23. The Kier molecular flexibility index (Phi) is 3.54. The summed E-state index contributed by atoms with van der Waals surface area (Å²) in [7, 11) is 0. The molecule has 18 heavy (non-hydrogen) atoms. The molecular weight excluding hydrogens is 250 g/mol. The third-order valence-electron chi connectivity index (χ3n) is 2.81. The van der Waals surface area contributed by atoms with Crippen LogP contribution in [0.15, 0.2) is 18.2 Å². The molecule has 0 atom stereocenters. The van der Waals surface area contributed by atoms with Gasteiger partial charge in [0.1, 0.15) is 11.6 Å². The van der Waals surface area contributed by atoms with Crippen LogP contribution in [0.3, 0.4) is 0 Å². The van der Waals surface area contributed by atoms with Crippen LogP contribution in [0, 0.1) is 11.6 Å². The Hall–Kier alpha value is -1.59. The van der Waals surface area contributed by atoms with Crippen molar-refractivity contribution in [2.24, 2.45) is 0 Å². The summed E-state index contributed by atoms with van der Waals surface area (Å²) in [5.41, 5.74) is 0.0392. The molecule has 0 aromatic heterocycles. The Morgan fingerprint density at radius 2 is 2.00 bits per heavy atom. The van der Waals surface area contributed by atoms with E-state index < -0.39 is 24.0 Å². The molecule has 0 N–H and O–H groups in total. The summed E-state index contributed by atoms with van der Waals surface area (Å²) in [6, 6.07) is 2.62. The molecule has 1 amide bonds. The van der Waals surface area contributed by atoms with Crippen molar-refractivity contribution < 1.29 is 22.4 Å². The highest BCUT2D eigenvalue weighted by Crippen LogP contribution is 2.30. The maximum absolute atomic E-state index is 13.4. The number of amides is 1. The third kappa shape index (κ3) is 2.80. The van der Waals surface area contributed by atoms with Gasteiger partial charge in [-0.2, -0.15) is 8.78 Å². The first-order valence-electron chi connectivity index (χ1n) is 5.51. The summed E-state index contributed by atoms with van der Waals surface area (Å²) >= 11 is 0. The number of carbonyl (C=O) groups excluding carboxylic acids is 1. The van der Waals surface area contributed by atoms with Crippen LogP contribution in [-0.2, 0) is 11.3 Å². The first kappa shape index (κ1) is 12.9. The zero-order valence-corrected chi connectivity index (χ0v) is 9.38. The molecule has 0 spiro atoms. The largest absolute Gasteiger partial charge is 0.330 e. The van der Waals surface area contributed by atoms with Crippen molar-refractivity contribution in [2.45, 2.75) is 31.9 Å². The molecule has 0 heterocycles. The Balaban J connectivity index is 2.16. The minimum Gasteiger partial charge on any atom is -0.330 e. The number of hydrogen-bond acceptors (Lipinski definition) is 1. The maximum Gasteiger partial charge on any atom is 0.315 e. The summed E-state index contributed by atoms with van der Waals surface area (Å²) in [4.78, 5) is 12.2. The van der Waals surface area contributed by atoms with Gasteiger partial charge in [0.05, 0.1) is 0 Å². The molecule has 0 radical (unpaired) electrons. The van der Waals surface area contributed by atoms with Gasteiger partial charge in [-0.25, -0.2) is 8.78 Å². The average Bonchev–Trinajstić information content (AvgIpc) is 3.11. The first-order chi connectivity index (χ1) is 8.49. The molecule has 0 aliphatic heterocycles. The number of rotatable bonds is 4. The molecule has 98 valence electrons. The predicted molar refractivity (Wildman–Crippen MR) is 55.9 cm³/mol. The van der Waals surface area contributed by atoms with E-state index in [0.717, 1.165) is 11.0 Å². The van der Waals surface area contributed by atoms with Crippen molar-refractivity contribution in [2.75, 3.05) is 0 Å². The van der Waals surface area contributed by atoms with Gasteiger partial charge in [0.25, 0.3) is 5.91 Å². The number of benzene rings is 1. The van der Waals surface area contributed by atoms with Gasteiger partial charge in [-0.15, -0.1) is 0 Å². The second kappa shape index (κ2) is 4.96. The standard InChI is InChI=1S/C12H11F4NO/c13-8-2-1-7(10(14)5-8)6-17(9-3-4-9)12(18)11(15)16/h1-2,5,9,11H,3-4,6H2. The summed E-state index contributed by atoms with van der Waals surface area (Å²) in [5, 5.41) is 0. The number of halogens is 4. The third-order valence-corrected chi connectivity index (χ3v) is 2.81. The van der Waals surface area contributed by atoms with Crippen LogP contribution < -0.4 is 0 Å².